The maximum Gasteiger partial charge on any atom is 0.305 e. The number of nitrogens with zero attached hydrogens (tertiary/aromatic N) is 1. The number of methoxy groups -OCH3 is 1. The van der Waals surface area contributed by atoms with E-state index in [1.165, 1.54) is 0 Å². The van der Waals surface area contributed by atoms with Crippen LogP contribution in [-0.2, 0) is 20.7 Å². The molecule has 1 N–H and O–H groups in total. The van der Waals surface area contributed by atoms with Crippen molar-refractivity contribution in [3.63, 3.8) is 0 Å². The first-order valence-corrected chi connectivity index (χ1v) is 8.32. The number of carbonyl (C=O) groups excluding carboxylic acids is 1. The van der Waals surface area contributed by atoms with Gasteiger partial charge in [0.05, 0.1) is 18.4 Å². The normalized spacial score (nSPS) is 25.9. The van der Waals surface area contributed by atoms with Crippen LogP contribution < -0.4 is 4.74 Å². The highest BCUT2D eigenvalue weighted by Crippen LogP contribution is 2.32. The second-order valence-corrected chi connectivity index (χ2v) is 6.74. The average Bonchev–Trinajstić information content (AvgIpc) is 2.95. The summed E-state index contributed by atoms with van der Waals surface area (Å²) in [6.07, 6.45) is 0.902. The van der Waals surface area contributed by atoms with E-state index in [4.69, 9.17) is 26.2 Å². The van der Waals surface area contributed by atoms with E-state index in [0.29, 0.717) is 31.0 Å². The number of carbonyl (C=O) groups is 2. The van der Waals surface area contributed by atoms with Crippen LogP contribution >= 0.6 is 11.6 Å². The van der Waals surface area contributed by atoms with E-state index >= 15 is 0 Å². The van der Waals surface area contributed by atoms with Crippen molar-refractivity contribution in [2.75, 3.05) is 20.3 Å². The Balaban J connectivity index is 1.74. The topological polar surface area (TPSA) is 76.1 Å². The number of fused-ring (bicyclic) bond motifs is 1. The number of aliphatic carboxylic acids is 1. The van der Waals surface area contributed by atoms with Crippen LogP contribution in [0.3, 0.4) is 0 Å². The van der Waals surface area contributed by atoms with Gasteiger partial charge in [-0.2, -0.15) is 0 Å². The van der Waals surface area contributed by atoms with E-state index in [1.54, 1.807) is 18.1 Å². The van der Waals surface area contributed by atoms with E-state index in [0.717, 1.165) is 11.3 Å². The predicted molar refractivity (Wildman–Crippen MR) is 87.3 cm³/mol. The molecule has 2 aliphatic rings. The monoisotopic (exact) mass is 353 g/mol. The fourth-order valence-corrected chi connectivity index (χ4v) is 3.66. The third kappa shape index (κ3) is 3.49. The van der Waals surface area contributed by atoms with Crippen molar-refractivity contribution in [2.24, 2.45) is 5.92 Å². The SMILES string of the molecule is COC1CC(CC(=O)O)N(C(=O)C2COc3ccc(Cl)cc3C2)C1. The zero-order valence-electron chi connectivity index (χ0n) is 13.4. The number of likely N-dealkylation sites (tertiary alicyclic amines) is 1. The molecule has 3 atom stereocenters. The summed E-state index contributed by atoms with van der Waals surface area (Å²) in [6, 6.07) is 5.05. The third-order valence-corrected chi connectivity index (χ3v) is 4.92. The lowest BCUT2D eigenvalue weighted by molar-refractivity contribution is -0.142. The molecule has 3 unspecified atom stereocenters. The molecule has 0 radical (unpaired) electrons. The van der Waals surface area contributed by atoms with Gasteiger partial charge in [0.25, 0.3) is 0 Å². The summed E-state index contributed by atoms with van der Waals surface area (Å²) in [4.78, 5) is 25.6. The molecule has 7 heteroatoms. The number of halogens is 1. The van der Waals surface area contributed by atoms with Gasteiger partial charge in [0.2, 0.25) is 5.91 Å². The van der Waals surface area contributed by atoms with E-state index in [2.05, 4.69) is 0 Å². The van der Waals surface area contributed by atoms with Gasteiger partial charge in [0.1, 0.15) is 12.4 Å². The van der Waals surface area contributed by atoms with Crippen LogP contribution in [0, 0.1) is 5.92 Å². The lowest BCUT2D eigenvalue weighted by Crippen LogP contribution is -2.44. The molecule has 1 aromatic rings. The van der Waals surface area contributed by atoms with Crippen LogP contribution in [0.15, 0.2) is 18.2 Å². The fraction of sp³-hybridized carbons (Fsp3) is 0.529. The molecule has 0 aromatic heterocycles. The molecule has 1 aromatic carbocycles. The molecule has 6 nitrogen and oxygen atoms in total. The lowest BCUT2D eigenvalue weighted by Gasteiger charge is -2.31. The lowest BCUT2D eigenvalue weighted by atomic mass is 9.95. The summed E-state index contributed by atoms with van der Waals surface area (Å²) in [5.74, 6) is -0.567. The van der Waals surface area contributed by atoms with Gasteiger partial charge in [-0.1, -0.05) is 11.6 Å². The van der Waals surface area contributed by atoms with E-state index in [-0.39, 0.29) is 30.4 Å². The van der Waals surface area contributed by atoms with Crippen LogP contribution in [-0.4, -0.2) is 54.3 Å². The van der Waals surface area contributed by atoms with E-state index in [1.807, 2.05) is 12.1 Å². The minimum absolute atomic E-state index is 0.0679. The van der Waals surface area contributed by atoms with Crippen molar-refractivity contribution in [1.82, 2.24) is 4.90 Å². The molecule has 2 heterocycles. The van der Waals surface area contributed by atoms with Gasteiger partial charge < -0.3 is 19.5 Å². The largest absolute Gasteiger partial charge is 0.492 e. The molecule has 0 bridgehead atoms. The molecule has 0 aliphatic carbocycles. The molecule has 3 rings (SSSR count). The number of hydrogen-bond acceptors (Lipinski definition) is 4. The highest BCUT2D eigenvalue weighted by Gasteiger charge is 2.40. The minimum atomic E-state index is -0.911. The average molecular weight is 354 g/mol. The fourth-order valence-electron chi connectivity index (χ4n) is 3.47. The van der Waals surface area contributed by atoms with Crippen molar-refractivity contribution < 1.29 is 24.2 Å². The van der Waals surface area contributed by atoms with Crippen LogP contribution in [0.25, 0.3) is 0 Å². The van der Waals surface area contributed by atoms with Gasteiger partial charge in [0.15, 0.2) is 0 Å². The van der Waals surface area contributed by atoms with Gasteiger partial charge in [-0.3, -0.25) is 9.59 Å². The number of carboxylic acid groups (broad SMARTS) is 1. The number of ether oxygens (including phenoxy) is 2. The summed E-state index contributed by atoms with van der Waals surface area (Å²) in [5, 5.41) is 9.69. The summed E-state index contributed by atoms with van der Waals surface area (Å²) in [5.41, 5.74) is 0.907. The number of amides is 1. The Morgan fingerprint density at radius 1 is 1.46 bits per heavy atom. The Morgan fingerprint density at radius 3 is 2.96 bits per heavy atom. The van der Waals surface area contributed by atoms with Crippen molar-refractivity contribution in [3.05, 3.63) is 28.8 Å². The number of benzene rings is 1. The molecule has 130 valence electrons. The Bertz CT molecular complexity index is 650. The van der Waals surface area contributed by atoms with Crippen molar-refractivity contribution in [3.8, 4) is 5.75 Å². The zero-order chi connectivity index (χ0) is 17.3. The van der Waals surface area contributed by atoms with Gasteiger partial charge in [-0.15, -0.1) is 0 Å². The quantitative estimate of drug-likeness (QED) is 0.895. The minimum Gasteiger partial charge on any atom is -0.492 e. The maximum absolute atomic E-state index is 12.9. The summed E-state index contributed by atoms with van der Waals surface area (Å²) >= 11 is 6.02. The van der Waals surface area contributed by atoms with Crippen LogP contribution in [0.2, 0.25) is 5.02 Å². The number of hydrogen-bond donors (Lipinski definition) is 1. The van der Waals surface area contributed by atoms with Gasteiger partial charge in [-0.05, 0) is 36.6 Å². The molecule has 1 saturated heterocycles. The van der Waals surface area contributed by atoms with Crippen LogP contribution in [0.4, 0.5) is 0 Å². The first-order chi connectivity index (χ1) is 11.5. The Morgan fingerprint density at radius 2 is 2.25 bits per heavy atom. The standard InChI is InChI=1S/C17H20ClNO5/c1-23-14-6-13(7-16(20)21)19(8-14)17(22)11-4-10-5-12(18)2-3-15(10)24-9-11/h2-3,5,11,13-14H,4,6-9H2,1H3,(H,20,21). The van der Waals surface area contributed by atoms with Gasteiger partial charge in [-0.25, -0.2) is 0 Å². The maximum atomic E-state index is 12.9. The Hall–Kier alpha value is -1.79. The highest BCUT2D eigenvalue weighted by atomic mass is 35.5. The van der Waals surface area contributed by atoms with E-state index < -0.39 is 5.97 Å². The van der Waals surface area contributed by atoms with Gasteiger partial charge in [0, 0.05) is 24.7 Å². The summed E-state index contributed by atoms with van der Waals surface area (Å²) in [6.45, 7) is 0.716. The second-order valence-electron chi connectivity index (χ2n) is 6.30. The highest BCUT2D eigenvalue weighted by molar-refractivity contribution is 6.30. The Kier molecular flexibility index (Phi) is 4.96. The molecule has 1 fully saturated rings. The smallest absolute Gasteiger partial charge is 0.305 e. The molecule has 24 heavy (non-hydrogen) atoms. The second kappa shape index (κ2) is 6.99. The number of carboxylic acids is 1. The van der Waals surface area contributed by atoms with Crippen molar-refractivity contribution in [2.45, 2.75) is 31.4 Å². The van der Waals surface area contributed by atoms with Gasteiger partial charge >= 0.3 is 5.97 Å². The van der Waals surface area contributed by atoms with Crippen LogP contribution in [0.5, 0.6) is 5.75 Å². The third-order valence-electron chi connectivity index (χ3n) is 4.68. The van der Waals surface area contributed by atoms with Crippen molar-refractivity contribution >= 4 is 23.5 Å². The predicted octanol–water partition coefficient (Wildman–Crippen LogP) is 1.98. The molecular formula is C17H20ClNO5. The summed E-state index contributed by atoms with van der Waals surface area (Å²) in [7, 11) is 1.58. The molecule has 0 spiro atoms. The zero-order valence-corrected chi connectivity index (χ0v) is 14.2. The number of rotatable bonds is 4. The molecule has 2 aliphatic heterocycles. The first kappa shape index (κ1) is 17.0. The van der Waals surface area contributed by atoms with Crippen LogP contribution in [0.1, 0.15) is 18.4 Å². The van der Waals surface area contributed by atoms with E-state index in [9.17, 15) is 9.59 Å². The molecular weight excluding hydrogens is 334 g/mol. The summed E-state index contributed by atoms with van der Waals surface area (Å²) < 4.78 is 11.0. The molecule has 1 amide bonds. The Labute approximate surface area is 145 Å². The van der Waals surface area contributed by atoms with Crippen molar-refractivity contribution in [1.29, 1.82) is 0 Å². The molecule has 0 saturated carbocycles. The first-order valence-electron chi connectivity index (χ1n) is 7.94.